The van der Waals surface area contributed by atoms with Gasteiger partial charge in [0.25, 0.3) is 5.91 Å². The van der Waals surface area contributed by atoms with Crippen LogP contribution >= 0.6 is 0 Å². The largest absolute Gasteiger partial charge is 0.450 e. The molecule has 2 saturated carbocycles. The first-order chi connectivity index (χ1) is 48.1. The second-order valence-corrected chi connectivity index (χ2v) is 26.6. The van der Waals surface area contributed by atoms with E-state index in [0.29, 0.717) is 41.4 Å². The molecule has 24 atom stereocenters. The van der Waals surface area contributed by atoms with Gasteiger partial charge in [0.05, 0.1) is 73.6 Å². The Bertz CT molecular complexity index is 3690. The first kappa shape index (κ1) is 74.4. The van der Waals surface area contributed by atoms with Gasteiger partial charge in [0, 0.05) is 48.8 Å². The SMILES string of the molecule is CCC[C@H](OC1C(OC(=O)c2ccccc2)[C@H](O[C@@H]2CC(C(=O)NCCNC(=O)C3CC(OCc4cc5ccccc5oc4=O)C(O)[C@H](O[C@@H]4OC(CO)[C@H](O)C(OCc5cc6ccccc6oc5=O)C4O)C3)CC(C)C2O[C@@H]2OC(C)[C@@H](O)[C@H](O)C2O)OC(CO)[C@@H]1O)C(=O)N1CCC1. The summed E-state index contributed by atoms with van der Waals surface area (Å²) >= 11 is 0. The number of hydrogen-bond acceptors (Lipinski definition) is 27. The second kappa shape index (κ2) is 33.6. The molecule has 4 saturated heterocycles. The van der Waals surface area contributed by atoms with Crippen LogP contribution in [0.2, 0.25) is 0 Å². The van der Waals surface area contributed by atoms with Crippen molar-refractivity contribution < 1.29 is 121 Å². The maximum absolute atomic E-state index is 14.5. The minimum atomic E-state index is -1.83. The quantitative estimate of drug-likeness (QED) is 0.0196. The third kappa shape index (κ3) is 17.0. The third-order valence-corrected chi connectivity index (χ3v) is 19.6. The number of aliphatic hydroxyl groups excluding tert-OH is 9. The van der Waals surface area contributed by atoms with E-state index in [2.05, 4.69) is 10.6 Å². The smallest absolute Gasteiger partial charge is 0.341 e. The minimum absolute atomic E-state index is 0.0504. The van der Waals surface area contributed by atoms with Gasteiger partial charge in [-0.2, -0.15) is 0 Å². The lowest BCUT2D eigenvalue weighted by Crippen LogP contribution is -2.64. The number of para-hydroxylation sites is 2. The lowest BCUT2D eigenvalue weighted by atomic mass is 9.77. The van der Waals surface area contributed by atoms with Gasteiger partial charge in [0.2, 0.25) is 11.8 Å². The van der Waals surface area contributed by atoms with Gasteiger partial charge >= 0.3 is 17.2 Å². The Morgan fingerprint density at radius 3 is 1.70 bits per heavy atom. The van der Waals surface area contributed by atoms with Crippen molar-refractivity contribution in [3.8, 4) is 0 Å². The fraction of sp³-hybridized carbons (Fsp3) is 0.600. The number of carbonyl (C=O) groups is 4. The van der Waals surface area contributed by atoms with Crippen molar-refractivity contribution >= 4 is 45.6 Å². The molecule has 4 aliphatic heterocycles. The second-order valence-electron chi connectivity index (χ2n) is 26.6. The van der Waals surface area contributed by atoms with Crippen molar-refractivity contribution in [2.24, 2.45) is 17.8 Å². The Morgan fingerprint density at radius 2 is 1.10 bits per heavy atom. The highest BCUT2D eigenvalue weighted by molar-refractivity contribution is 5.89. The summed E-state index contributed by atoms with van der Waals surface area (Å²) < 4.78 is 73.2. The lowest BCUT2D eigenvalue weighted by Gasteiger charge is -2.48. The number of amides is 3. The van der Waals surface area contributed by atoms with Crippen LogP contribution in [0.1, 0.15) is 87.2 Å². The molecule has 11 rings (SSSR count). The number of benzene rings is 3. The molecule has 2 aliphatic carbocycles. The van der Waals surface area contributed by atoms with Crippen LogP contribution in [0.15, 0.2) is 109 Å². The summed E-state index contributed by atoms with van der Waals surface area (Å²) in [5.41, 5.74) is -0.567. The average molecular weight is 1400 g/mol. The Hall–Kier alpha value is -6.76. The molecule has 0 bridgehead atoms. The van der Waals surface area contributed by atoms with Crippen LogP contribution < -0.4 is 21.9 Å². The van der Waals surface area contributed by atoms with Crippen LogP contribution in [0, 0.1) is 17.8 Å². The monoisotopic (exact) mass is 1400 g/mol. The van der Waals surface area contributed by atoms with Gasteiger partial charge in [-0.15, -0.1) is 0 Å². The average Bonchev–Trinajstić information content (AvgIpc) is 0.777. The number of likely N-dealkylation sites (tertiary alicyclic amines) is 1. The summed E-state index contributed by atoms with van der Waals surface area (Å²) in [6, 6.07) is 24.5. The van der Waals surface area contributed by atoms with Crippen LogP contribution in [-0.4, -0.2) is 243 Å². The molecule has 100 heavy (non-hydrogen) atoms. The summed E-state index contributed by atoms with van der Waals surface area (Å²) in [7, 11) is 0. The van der Waals surface area contributed by atoms with Crippen LogP contribution in [0.3, 0.4) is 0 Å². The van der Waals surface area contributed by atoms with E-state index in [1.165, 1.54) is 25.1 Å². The Balaban J connectivity index is 0.796. The lowest BCUT2D eigenvalue weighted by molar-refractivity contribution is -0.349. The summed E-state index contributed by atoms with van der Waals surface area (Å²) in [6.07, 6.45) is -30.5. The number of carbonyl (C=O) groups excluding carboxylic acids is 4. The summed E-state index contributed by atoms with van der Waals surface area (Å²) in [6.45, 7) is 3.25. The molecule has 5 aromatic rings. The number of rotatable bonds is 26. The number of aliphatic hydroxyl groups is 9. The summed E-state index contributed by atoms with van der Waals surface area (Å²) in [5.74, 6) is -4.95. The van der Waals surface area contributed by atoms with Gasteiger partial charge in [-0.1, -0.05) is 74.9 Å². The van der Waals surface area contributed by atoms with E-state index in [4.69, 9.17) is 56.2 Å². The highest BCUT2D eigenvalue weighted by Gasteiger charge is 2.55. The van der Waals surface area contributed by atoms with E-state index in [1.54, 1.807) is 84.6 Å². The number of hydrogen-bond donors (Lipinski definition) is 11. The molecule has 0 radical (unpaired) electrons. The molecule has 6 fully saturated rings. The van der Waals surface area contributed by atoms with Gasteiger partial charge in [-0.3, -0.25) is 14.4 Å². The van der Waals surface area contributed by atoms with Crippen molar-refractivity contribution in [3.05, 3.63) is 129 Å². The maximum atomic E-state index is 14.5. The molecule has 2 aromatic heterocycles. The zero-order valence-corrected chi connectivity index (χ0v) is 55.4. The van der Waals surface area contributed by atoms with E-state index in [9.17, 15) is 74.7 Å². The van der Waals surface area contributed by atoms with Gasteiger partial charge in [0.1, 0.15) is 84.4 Å². The van der Waals surface area contributed by atoms with Crippen molar-refractivity contribution in [1.29, 1.82) is 0 Å². The zero-order chi connectivity index (χ0) is 71.1. The van der Waals surface area contributed by atoms with Crippen molar-refractivity contribution in [2.45, 2.75) is 208 Å². The normalized spacial score (nSPS) is 34.2. The summed E-state index contributed by atoms with van der Waals surface area (Å²) in [5, 5.41) is 108. The first-order valence-electron chi connectivity index (χ1n) is 34.1. The van der Waals surface area contributed by atoms with Crippen LogP contribution in [0.25, 0.3) is 21.9 Å². The Morgan fingerprint density at radius 1 is 0.560 bits per heavy atom. The van der Waals surface area contributed by atoms with Crippen LogP contribution in [0.4, 0.5) is 0 Å². The maximum Gasteiger partial charge on any atom is 0.341 e. The van der Waals surface area contributed by atoms with E-state index < -0.39 is 195 Å². The highest BCUT2D eigenvalue weighted by atomic mass is 16.8. The number of ether oxygens (including phenoxy) is 10. The van der Waals surface area contributed by atoms with E-state index in [1.807, 2.05) is 6.92 Å². The van der Waals surface area contributed by atoms with E-state index in [0.717, 1.165) is 6.42 Å². The van der Waals surface area contributed by atoms with Gasteiger partial charge < -0.3 is 118 Å². The fourth-order valence-electron chi connectivity index (χ4n) is 13.8. The number of nitrogens with one attached hydrogen (secondary N) is 2. The van der Waals surface area contributed by atoms with Crippen molar-refractivity contribution in [3.63, 3.8) is 0 Å². The zero-order valence-electron chi connectivity index (χ0n) is 55.4. The molecule has 30 nitrogen and oxygen atoms in total. The molecule has 0 spiro atoms. The molecule has 11 N–H and O–H groups in total. The van der Waals surface area contributed by atoms with E-state index >= 15 is 0 Å². The number of nitrogens with zero attached hydrogens (tertiary/aromatic N) is 1. The topological polar surface area (TPSA) is 430 Å². The minimum Gasteiger partial charge on any atom is -0.450 e. The molecular weight excluding hydrogens is 1310 g/mol. The fourth-order valence-corrected chi connectivity index (χ4v) is 13.8. The van der Waals surface area contributed by atoms with Crippen molar-refractivity contribution in [2.75, 3.05) is 39.4 Å². The molecule has 3 amide bonds. The molecular formula is C70H89N3O27. The Kier molecular flexibility index (Phi) is 25.0. The molecule has 6 aliphatic rings. The number of esters is 1. The summed E-state index contributed by atoms with van der Waals surface area (Å²) in [4.78, 5) is 84.6. The van der Waals surface area contributed by atoms with Crippen molar-refractivity contribution in [1.82, 2.24) is 15.5 Å². The Labute approximate surface area is 573 Å². The molecule has 3 aromatic carbocycles. The van der Waals surface area contributed by atoms with E-state index in [-0.39, 0.29) is 74.4 Å². The molecule has 30 heteroatoms. The van der Waals surface area contributed by atoms with Gasteiger partial charge in [-0.25, -0.2) is 14.4 Å². The van der Waals surface area contributed by atoms with Crippen LogP contribution in [0.5, 0.6) is 0 Å². The predicted molar refractivity (Wildman–Crippen MR) is 346 cm³/mol. The number of fused-ring (bicyclic) bond motifs is 2. The molecule has 6 heterocycles. The first-order valence-corrected chi connectivity index (χ1v) is 34.1. The highest BCUT2D eigenvalue weighted by Crippen LogP contribution is 2.40. The molecule has 546 valence electrons. The molecule has 14 unspecified atom stereocenters. The van der Waals surface area contributed by atoms with Gasteiger partial charge in [0.15, 0.2) is 25.0 Å². The van der Waals surface area contributed by atoms with Gasteiger partial charge in [-0.05, 0) is 87.8 Å². The predicted octanol–water partition coefficient (Wildman–Crippen LogP) is -0.0686. The third-order valence-electron chi connectivity index (χ3n) is 19.6. The standard InChI is InChI=1S/C70H89N3O27/c1-4-13-45(64(85)73-22-12-23-73)92-60-54(79)50(31-75)98-70(61(60)99-65(86)36-14-6-5-7-15-36)96-48-29-39(24-34(2)58(48)100-68-56(81)55(80)51(76)35(3)91-68)62(83)71-20-21-72-63(84)40-27-46(89-32-41-25-37-16-8-10-18-43(37)93-66(41)87)52(77)47(28-40)95-69-57(82)59(53(78)49(30-74)97-69)90-33-42-26-38-17-9-11-19-44(38)94-67(42)88/h5-11,14-19,25-26,34-35,39-40,45-61,68-70,74-82H,4,12-13,20-24,27-33H2,1-3H3,(H,71,83)(H,72,84)/t34?,35?,39?,40?,45-,46?,47+,48+,49?,50?,51+,52?,53-,54-,55-,56?,57?,58?,59?,60?,61?,68-,69+,70+/m0/s1. The van der Waals surface area contributed by atoms with Crippen LogP contribution in [-0.2, 0) is 75.0 Å².